The maximum Gasteiger partial charge on any atom is 0.206 e. The van der Waals surface area contributed by atoms with Crippen molar-refractivity contribution in [3.8, 4) is 0 Å². The molecule has 6 nitrogen and oxygen atoms in total. The van der Waals surface area contributed by atoms with E-state index < -0.39 is 19.7 Å². The Bertz CT molecular complexity index is 1100. The monoisotopic (exact) mass is 388 g/mol. The summed E-state index contributed by atoms with van der Waals surface area (Å²) in [6, 6.07) is 16.9. The van der Waals surface area contributed by atoms with Crippen molar-refractivity contribution >= 4 is 31.0 Å². The first kappa shape index (κ1) is 18.0. The number of nitrogen functional groups attached to an aromatic ring is 2. The zero-order valence-corrected chi connectivity index (χ0v) is 15.2. The van der Waals surface area contributed by atoms with Crippen LogP contribution in [0.25, 0.3) is 0 Å². The first-order chi connectivity index (χ1) is 12.2. The van der Waals surface area contributed by atoms with E-state index in [1.165, 1.54) is 54.6 Å². The fourth-order valence-corrected chi connectivity index (χ4v) is 5.24. The van der Waals surface area contributed by atoms with Crippen molar-refractivity contribution in [3.63, 3.8) is 0 Å². The molecule has 0 amide bonds. The third-order valence-electron chi connectivity index (χ3n) is 3.76. The number of anilines is 2. The second-order valence-corrected chi connectivity index (χ2v) is 9.53. The topological polar surface area (TPSA) is 120 Å². The second kappa shape index (κ2) is 6.47. The van der Waals surface area contributed by atoms with E-state index in [0.717, 1.165) is 6.07 Å². The Hall–Kier alpha value is -2.84. The van der Waals surface area contributed by atoms with Crippen LogP contribution in [0.2, 0.25) is 0 Å². The van der Waals surface area contributed by atoms with Crippen molar-refractivity contribution in [2.75, 3.05) is 11.5 Å². The van der Waals surface area contributed by atoms with Crippen LogP contribution in [0.1, 0.15) is 0 Å². The number of rotatable bonds is 4. The number of nitrogens with two attached hydrogens (primary N) is 2. The highest BCUT2D eigenvalue weighted by molar-refractivity contribution is 7.92. The average molecular weight is 388 g/mol. The number of sulfone groups is 2. The number of benzene rings is 3. The first-order valence-corrected chi connectivity index (χ1v) is 10.5. The van der Waals surface area contributed by atoms with Crippen molar-refractivity contribution in [2.45, 2.75) is 19.6 Å². The fourth-order valence-electron chi connectivity index (χ4n) is 2.44. The standard InChI is InChI=1S/C18H16N2O4S2/c19-13-4-1-6-15(10-13)25(21,22)17-8-3-9-18(12-17)26(23,24)16-7-2-5-14(20)11-16/h1-12H,19-20H2. The minimum Gasteiger partial charge on any atom is -0.399 e. The molecule has 4 N–H and O–H groups in total. The molecule has 0 saturated heterocycles. The van der Waals surface area contributed by atoms with Gasteiger partial charge in [-0.3, -0.25) is 0 Å². The molecule has 0 spiro atoms. The Morgan fingerprint density at radius 2 is 0.808 bits per heavy atom. The zero-order valence-electron chi connectivity index (χ0n) is 13.5. The Balaban J connectivity index is 2.12. The summed E-state index contributed by atoms with van der Waals surface area (Å²) >= 11 is 0. The van der Waals surface area contributed by atoms with Gasteiger partial charge in [-0.15, -0.1) is 0 Å². The fraction of sp³-hybridized carbons (Fsp3) is 0. The Kier molecular flexibility index (Phi) is 4.47. The first-order valence-electron chi connectivity index (χ1n) is 7.52. The molecule has 3 aromatic rings. The summed E-state index contributed by atoms with van der Waals surface area (Å²) in [4.78, 5) is -0.270. The molecule has 0 aliphatic rings. The molecule has 0 saturated carbocycles. The third-order valence-corrected chi connectivity index (χ3v) is 7.26. The van der Waals surface area contributed by atoms with Crippen LogP contribution in [0, 0.1) is 0 Å². The zero-order chi connectivity index (χ0) is 18.9. The predicted molar refractivity (Wildman–Crippen MR) is 99.1 cm³/mol. The van der Waals surface area contributed by atoms with Crippen LogP contribution in [0.15, 0.2) is 92.4 Å². The molecular formula is C18H16N2O4S2. The van der Waals surface area contributed by atoms with Crippen LogP contribution in [-0.2, 0) is 19.7 Å². The van der Waals surface area contributed by atoms with Gasteiger partial charge in [-0.2, -0.15) is 0 Å². The smallest absolute Gasteiger partial charge is 0.206 e. The Morgan fingerprint density at radius 3 is 1.15 bits per heavy atom. The molecule has 3 aromatic carbocycles. The molecule has 0 unspecified atom stereocenters. The normalized spacial score (nSPS) is 12.0. The van der Waals surface area contributed by atoms with Crippen LogP contribution in [-0.4, -0.2) is 16.8 Å². The minimum absolute atomic E-state index is 0.00370. The highest BCUT2D eigenvalue weighted by atomic mass is 32.2. The Morgan fingerprint density at radius 1 is 0.500 bits per heavy atom. The van der Waals surface area contributed by atoms with Gasteiger partial charge in [0, 0.05) is 11.4 Å². The molecule has 0 aromatic heterocycles. The average Bonchev–Trinajstić information content (AvgIpc) is 2.62. The van der Waals surface area contributed by atoms with Crippen LogP contribution >= 0.6 is 0 Å². The number of hydrogen-bond donors (Lipinski definition) is 2. The predicted octanol–water partition coefficient (Wildman–Crippen LogP) is 2.52. The van der Waals surface area contributed by atoms with E-state index in [1.807, 2.05) is 0 Å². The molecule has 3 rings (SSSR count). The lowest BCUT2D eigenvalue weighted by Crippen LogP contribution is -2.06. The summed E-state index contributed by atoms with van der Waals surface area (Å²) in [6.45, 7) is 0. The lowest BCUT2D eigenvalue weighted by atomic mass is 10.3. The largest absolute Gasteiger partial charge is 0.399 e. The van der Waals surface area contributed by atoms with E-state index in [4.69, 9.17) is 11.5 Å². The molecule has 0 aliphatic carbocycles. The number of hydrogen-bond acceptors (Lipinski definition) is 6. The highest BCUT2D eigenvalue weighted by Crippen LogP contribution is 2.27. The molecule has 0 atom stereocenters. The van der Waals surface area contributed by atoms with Gasteiger partial charge in [0.05, 0.1) is 19.6 Å². The van der Waals surface area contributed by atoms with Crippen molar-refractivity contribution < 1.29 is 16.8 Å². The highest BCUT2D eigenvalue weighted by Gasteiger charge is 2.23. The van der Waals surface area contributed by atoms with Gasteiger partial charge in [-0.1, -0.05) is 18.2 Å². The summed E-state index contributed by atoms with van der Waals surface area (Å²) in [7, 11) is -7.81. The molecule has 0 heterocycles. The van der Waals surface area contributed by atoms with Gasteiger partial charge in [0.15, 0.2) is 0 Å². The maximum absolute atomic E-state index is 12.8. The molecule has 26 heavy (non-hydrogen) atoms. The van der Waals surface area contributed by atoms with E-state index in [9.17, 15) is 16.8 Å². The lowest BCUT2D eigenvalue weighted by molar-refractivity contribution is 0.594. The third kappa shape index (κ3) is 3.29. The second-order valence-electron chi connectivity index (χ2n) is 5.63. The van der Waals surface area contributed by atoms with Gasteiger partial charge in [0.25, 0.3) is 0 Å². The van der Waals surface area contributed by atoms with Gasteiger partial charge in [0.1, 0.15) is 0 Å². The molecule has 134 valence electrons. The summed E-state index contributed by atoms with van der Waals surface area (Å²) in [5.74, 6) is 0. The van der Waals surface area contributed by atoms with Crippen LogP contribution in [0.5, 0.6) is 0 Å². The summed E-state index contributed by atoms with van der Waals surface area (Å²) < 4.78 is 51.1. The van der Waals surface area contributed by atoms with Gasteiger partial charge < -0.3 is 11.5 Å². The molecular weight excluding hydrogens is 372 g/mol. The van der Waals surface area contributed by atoms with Crippen LogP contribution in [0.3, 0.4) is 0 Å². The van der Waals surface area contributed by atoms with Crippen LogP contribution in [0.4, 0.5) is 11.4 Å². The van der Waals surface area contributed by atoms with E-state index in [0.29, 0.717) is 11.4 Å². The molecule has 0 radical (unpaired) electrons. The maximum atomic E-state index is 12.8. The molecule has 0 fully saturated rings. The quantitative estimate of drug-likeness (QED) is 0.663. The van der Waals surface area contributed by atoms with Crippen molar-refractivity contribution in [1.82, 2.24) is 0 Å². The summed E-state index contributed by atoms with van der Waals surface area (Å²) in [5.41, 5.74) is 11.9. The van der Waals surface area contributed by atoms with Crippen molar-refractivity contribution in [2.24, 2.45) is 0 Å². The van der Waals surface area contributed by atoms with E-state index in [-0.39, 0.29) is 19.6 Å². The van der Waals surface area contributed by atoms with E-state index >= 15 is 0 Å². The van der Waals surface area contributed by atoms with Gasteiger partial charge in [-0.05, 0) is 54.6 Å². The minimum atomic E-state index is -3.90. The SMILES string of the molecule is Nc1cccc(S(=O)(=O)c2cccc(S(=O)(=O)c3cccc(N)c3)c2)c1. The summed E-state index contributed by atoms with van der Waals surface area (Å²) in [6.07, 6.45) is 0. The van der Waals surface area contributed by atoms with Crippen molar-refractivity contribution in [1.29, 1.82) is 0 Å². The molecule has 8 heteroatoms. The Labute approximate surface area is 151 Å². The molecule has 0 aliphatic heterocycles. The lowest BCUT2D eigenvalue weighted by Gasteiger charge is -2.09. The van der Waals surface area contributed by atoms with E-state index in [1.54, 1.807) is 12.1 Å². The van der Waals surface area contributed by atoms with E-state index in [2.05, 4.69) is 0 Å². The van der Waals surface area contributed by atoms with Crippen molar-refractivity contribution in [3.05, 3.63) is 72.8 Å². The van der Waals surface area contributed by atoms with Gasteiger partial charge in [0.2, 0.25) is 19.7 Å². The molecule has 0 bridgehead atoms. The van der Waals surface area contributed by atoms with Gasteiger partial charge in [-0.25, -0.2) is 16.8 Å². The van der Waals surface area contributed by atoms with Crippen LogP contribution < -0.4 is 11.5 Å². The van der Waals surface area contributed by atoms with Gasteiger partial charge >= 0.3 is 0 Å². The summed E-state index contributed by atoms with van der Waals surface area (Å²) in [5, 5.41) is 0.